The number of hydrogen-bond donors (Lipinski definition) is 2. The summed E-state index contributed by atoms with van der Waals surface area (Å²) >= 11 is 6.27. The van der Waals surface area contributed by atoms with Crippen LogP contribution >= 0.6 is 23.1 Å². The molecule has 0 aliphatic heterocycles. The number of esters is 1. The summed E-state index contributed by atoms with van der Waals surface area (Å²) in [4.78, 5) is 25.9. The van der Waals surface area contributed by atoms with Crippen LogP contribution in [0.3, 0.4) is 0 Å². The van der Waals surface area contributed by atoms with Gasteiger partial charge in [0.25, 0.3) is 5.82 Å². The first-order chi connectivity index (χ1) is 7.67. The molecule has 16 heavy (non-hydrogen) atoms. The van der Waals surface area contributed by atoms with Gasteiger partial charge in [-0.1, -0.05) is 0 Å². The summed E-state index contributed by atoms with van der Waals surface area (Å²) in [6.07, 6.45) is 0. The van der Waals surface area contributed by atoms with Crippen molar-refractivity contribution in [2.45, 2.75) is 0 Å². The lowest BCUT2D eigenvalue weighted by atomic mass is 10.6. The van der Waals surface area contributed by atoms with Crippen molar-refractivity contribution in [1.82, 2.24) is 14.7 Å². The number of nitrogens with zero attached hydrogens (tertiary/aromatic N) is 2. The first-order valence-electron chi connectivity index (χ1n) is 4.20. The number of halogens is 1. The molecule has 2 N–H and O–H groups in total. The van der Waals surface area contributed by atoms with Gasteiger partial charge >= 0.3 is 12.0 Å². The molecule has 1 rings (SSSR count). The summed E-state index contributed by atoms with van der Waals surface area (Å²) in [6.45, 7) is 0.343. The third-order valence-electron chi connectivity index (χ3n) is 1.39. The zero-order valence-corrected chi connectivity index (χ0v) is 9.89. The van der Waals surface area contributed by atoms with Crippen molar-refractivity contribution < 1.29 is 14.3 Å². The molecule has 0 bridgehead atoms. The van der Waals surface area contributed by atoms with E-state index < -0.39 is 12.0 Å². The molecule has 2 amide bonds. The first kappa shape index (κ1) is 12.7. The van der Waals surface area contributed by atoms with Gasteiger partial charge in [-0.2, -0.15) is 9.36 Å². The van der Waals surface area contributed by atoms with Gasteiger partial charge < -0.3 is 10.1 Å². The lowest BCUT2D eigenvalue weighted by Gasteiger charge is -2.01. The summed E-state index contributed by atoms with van der Waals surface area (Å²) in [6, 6.07) is -0.451. The molecule has 0 unspecified atom stereocenters. The predicted molar refractivity (Wildman–Crippen MR) is 59.0 cm³/mol. The van der Waals surface area contributed by atoms with E-state index in [1.807, 2.05) is 0 Å². The Morgan fingerprint density at radius 1 is 1.56 bits per heavy atom. The van der Waals surface area contributed by atoms with Crippen molar-refractivity contribution in [2.75, 3.05) is 24.9 Å². The lowest BCUT2D eigenvalue weighted by Crippen LogP contribution is -2.30. The van der Waals surface area contributed by atoms with Crippen LogP contribution in [0.25, 0.3) is 0 Å². The van der Waals surface area contributed by atoms with Gasteiger partial charge in [0.2, 0.25) is 5.13 Å². The van der Waals surface area contributed by atoms with E-state index in [0.717, 1.165) is 11.5 Å². The fraction of sp³-hybridized carbons (Fsp3) is 0.429. The van der Waals surface area contributed by atoms with E-state index in [1.165, 1.54) is 7.11 Å². The lowest BCUT2D eigenvalue weighted by molar-refractivity contribution is 0.0588. The summed E-state index contributed by atoms with van der Waals surface area (Å²) in [5.74, 6) is -0.414. The molecular formula is C7H9ClN4O3S. The highest BCUT2D eigenvalue weighted by atomic mass is 35.5. The van der Waals surface area contributed by atoms with Gasteiger partial charge in [-0.3, -0.25) is 5.32 Å². The largest absolute Gasteiger partial charge is 0.463 e. The highest BCUT2D eigenvalue weighted by molar-refractivity contribution is 7.10. The van der Waals surface area contributed by atoms with Gasteiger partial charge in [-0.05, 0) is 0 Å². The van der Waals surface area contributed by atoms with Crippen molar-refractivity contribution in [2.24, 2.45) is 0 Å². The Kier molecular flexibility index (Phi) is 4.93. The maximum Gasteiger partial charge on any atom is 0.377 e. The Bertz CT molecular complexity index is 383. The number of alkyl halides is 1. The molecule has 1 aromatic rings. The maximum absolute atomic E-state index is 11.2. The highest BCUT2D eigenvalue weighted by Crippen LogP contribution is 2.10. The molecule has 7 nitrogen and oxygen atoms in total. The zero-order chi connectivity index (χ0) is 12.0. The molecule has 0 spiro atoms. The van der Waals surface area contributed by atoms with Gasteiger partial charge in [0, 0.05) is 24.0 Å². The van der Waals surface area contributed by atoms with E-state index in [2.05, 4.69) is 24.7 Å². The van der Waals surface area contributed by atoms with Crippen LogP contribution < -0.4 is 10.6 Å². The number of rotatable bonds is 4. The van der Waals surface area contributed by atoms with Crippen molar-refractivity contribution >= 4 is 40.3 Å². The number of nitrogens with one attached hydrogen (secondary N) is 2. The third-order valence-corrected chi connectivity index (χ3v) is 2.21. The summed E-state index contributed by atoms with van der Waals surface area (Å²) < 4.78 is 8.12. The quantitative estimate of drug-likeness (QED) is 0.616. The van der Waals surface area contributed by atoms with Crippen LogP contribution in [0.15, 0.2) is 0 Å². The number of aromatic nitrogens is 2. The summed E-state index contributed by atoms with van der Waals surface area (Å²) in [5.41, 5.74) is 0. The molecule has 0 radical (unpaired) electrons. The molecular weight excluding hydrogens is 256 g/mol. The Morgan fingerprint density at radius 2 is 2.31 bits per heavy atom. The van der Waals surface area contributed by atoms with Gasteiger partial charge in [0.1, 0.15) is 0 Å². The van der Waals surface area contributed by atoms with E-state index in [0.29, 0.717) is 12.4 Å². The van der Waals surface area contributed by atoms with Crippen LogP contribution in [-0.4, -0.2) is 40.9 Å². The van der Waals surface area contributed by atoms with E-state index in [9.17, 15) is 9.59 Å². The zero-order valence-electron chi connectivity index (χ0n) is 8.32. The van der Waals surface area contributed by atoms with Crippen molar-refractivity contribution in [3.05, 3.63) is 5.82 Å². The number of carbonyl (C=O) groups is 2. The molecule has 1 aromatic heterocycles. The van der Waals surface area contributed by atoms with Crippen molar-refractivity contribution in [3.8, 4) is 0 Å². The number of ether oxygens (including phenoxy) is 1. The summed E-state index contributed by atoms with van der Waals surface area (Å²) in [5, 5.41) is 5.09. The van der Waals surface area contributed by atoms with E-state index >= 15 is 0 Å². The first-order valence-corrected chi connectivity index (χ1v) is 5.51. The minimum atomic E-state index is -0.648. The van der Waals surface area contributed by atoms with Crippen molar-refractivity contribution in [1.29, 1.82) is 0 Å². The van der Waals surface area contributed by atoms with Crippen LogP contribution in [0.2, 0.25) is 0 Å². The van der Waals surface area contributed by atoms with Crippen LogP contribution in [-0.2, 0) is 4.74 Å². The number of hydrogen-bond acceptors (Lipinski definition) is 6. The Hall–Kier alpha value is -1.41. The minimum Gasteiger partial charge on any atom is -0.463 e. The summed E-state index contributed by atoms with van der Waals surface area (Å²) in [7, 11) is 1.23. The molecule has 0 fully saturated rings. The van der Waals surface area contributed by atoms with Gasteiger partial charge in [0.15, 0.2) is 0 Å². The minimum absolute atomic E-state index is 0.0832. The molecule has 9 heteroatoms. The normalized spacial score (nSPS) is 9.62. The topological polar surface area (TPSA) is 93.2 Å². The Labute approximate surface area is 100 Å². The number of amides is 2. The third kappa shape index (κ3) is 3.63. The second kappa shape index (κ2) is 6.23. The number of methoxy groups -OCH3 is 1. The van der Waals surface area contributed by atoms with Crippen LogP contribution in [0.1, 0.15) is 10.6 Å². The second-order valence-electron chi connectivity index (χ2n) is 2.48. The van der Waals surface area contributed by atoms with Crippen LogP contribution in [0, 0.1) is 0 Å². The number of carbonyl (C=O) groups excluding carboxylic acids is 2. The molecule has 88 valence electrons. The molecule has 0 aliphatic carbocycles. The SMILES string of the molecule is COC(=O)c1nsc(NC(=O)NCCCl)n1. The molecule has 0 atom stereocenters. The van der Waals surface area contributed by atoms with Crippen LogP contribution in [0.4, 0.5) is 9.93 Å². The maximum atomic E-state index is 11.2. The fourth-order valence-corrected chi connectivity index (χ4v) is 1.40. The monoisotopic (exact) mass is 264 g/mol. The molecule has 0 aliphatic rings. The molecule has 1 heterocycles. The number of anilines is 1. The smallest absolute Gasteiger partial charge is 0.377 e. The average Bonchev–Trinajstić information content (AvgIpc) is 2.73. The van der Waals surface area contributed by atoms with Gasteiger partial charge in [0.05, 0.1) is 7.11 Å². The van der Waals surface area contributed by atoms with E-state index in [1.54, 1.807) is 0 Å². The van der Waals surface area contributed by atoms with E-state index in [4.69, 9.17) is 11.6 Å². The standard InChI is InChI=1S/C7H9ClN4O3S/c1-15-5(13)4-10-7(16-12-4)11-6(14)9-3-2-8/h2-3H2,1H3,(H2,9,10,11,12,14). The molecule has 0 saturated carbocycles. The molecule has 0 saturated heterocycles. The Morgan fingerprint density at radius 3 is 2.94 bits per heavy atom. The van der Waals surface area contributed by atoms with Crippen LogP contribution in [0.5, 0.6) is 0 Å². The molecule has 0 aromatic carbocycles. The van der Waals surface area contributed by atoms with Gasteiger partial charge in [-0.15, -0.1) is 11.6 Å². The van der Waals surface area contributed by atoms with Gasteiger partial charge in [-0.25, -0.2) is 9.59 Å². The second-order valence-corrected chi connectivity index (χ2v) is 3.61. The number of urea groups is 1. The Balaban J connectivity index is 2.52. The average molecular weight is 265 g/mol. The fourth-order valence-electron chi connectivity index (χ4n) is 0.751. The highest BCUT2D eigenvalue weighted by Gasteiger charge is 2.13. The van der Waals surface area contributed by atoms with Crippen molar-refractivity contribution in [3.63, 3.8) is 0 Å². The predicted octanol–water partition coefficient (Wildman–Crippen LogP) is 0.685. The van der Waals surface area contributed by atoms with E-state index in [-0.39, 0.29) is 11.0 Å².